The van der Waals surface area contributed by atoms with Gasteiger partial charge in [0, 0.05) is 25.3 Å². The highest BCUT2D eigenvalue weighted by Gasteiger charge is 2.33. The fourth-order valence-corrected chi connectivity index (χ4v) is 2.58. The summed E-state index contributed by atoms with van der Waals surface area (Å²) in [4.78, 5) is 12.4. The number of hydrazine groups is 1. The number of nitrogens with zero attached hydrogens (tertiary/aromatic N) is 1. The highest BCUT2D eigenvalue weighted by molar-refractivity contribution is 7.87. The van der Waals surface area contributed by atoms with E-state index >= 15 is 0 Å². The van der Waals surface area contributed by atoms with E-state index in [9.17, 15) is 13.2 Å². The van der Waals surface area contributed by atoms with E-state index in [0.717, 1.165) is 0 Å². The van der Waals surface area contributed by atoms with Crippen LogP contribution in [0.25, 0.3) is 0 Å². The van der Waals surface area contributed by atoms with Crippen molar-refractivity contribution in [3.8, 4) is 0 Å². The van der Waals surface area contributed by atoms with E-state index in [4.69, 9.17) is 0 Å². The normalized spacial score (nSPS) is 19.5. The first-order valence-electron chi connectivity index (χ1n) is 3.63. The summed E-state index contributed by atoms with van der Waals surface area (Å²) < 4.78 is 23.7. The third-order valence-electron chi connectivity index (χ3n) is 1.52. The lowest BCUT2D eigenvalue weighted by atomic mass is 10.3. The summed E-state index contributed by atoms with van der Waals surface area (Å²) in [5.74, 6) is -0.452. The third-order valence-corrected chi connectivity index (χ3v) is 3.19. The summed E-state index contributed by atoms with van der Waals surface area (Å²) in [6.45, 7) is 1.97. The highest BCUT2D eigenvalue weighted by atomic mass is 32.2. The highest BCUT2D eigenvalue weighted by Crippen LogP contribution is 2.15. The Bertz CT molecular complexity index is 296. The Morgan fingerprint density at radius 2 is 2.08 bits per heavy atom. The molecule has 1 saturated heterocycles. The van der Waals surface area contributed by atoms with E-state index in [-0.39, 0.29) is 5.25 Å². The Hall–Kier alpha value is -0.310. The van der Waals surface area contributed by atoms with Gasteiger partial charge in [0.25, 0.3) is 10.2 Å². The molecule has 0 aliphatic carbocycles. The van der Waals surface area contributed by atoms with Gasteiger partial charge in [-0.2, -0.15) is 25.4 Å². The molecule has 13 heavy (non-hydrogen) atoms. The van der Waals surface area contributed by atoms with Crippen LogP contribution in [0.3, 0.4) is 0 Å². The van der Waals surface area contributed by atoms with E-state index in [1.54, 1.807) is 0 Å². The number of nitrogens with one attached hydrogen (secondary N) is 2. The largest absolute Gasteiger partial charge is 0.296 e. The molecule has 6 nitrogen and oxygen atoms in total. The van der Waals surface area contributed by atoms with Gasteiger partial charge in [-0.05, 0) is 0 Å². The Balaban J connectivity index is 2.43. The molecule has 0 saturated carbocycles. The number of hydrogen-bond donors (Lipinski definition) is 3. The summed E-state index contributed by atoms with van der Waals surface area (Å²) in [5, 5.41) is 0.0916. The molecule has 1 fully saturated rings. The minimum Gasteiger partial charge on any atom is -0.277 e. The first kappa shape index (κ1) is 10.8. The Labute approximate surface area is 82.2 Å². The molecule has 1 aliphatic rings. The van der Waals surface area contributed by atoms with E-state index in [1.807, 2.05) is 10.3 Å². The summed E-state index contributed by atoms with van der Waals surface area (Å²) in [6, 6.07) is 0. The summed E-state index contributed by atoms with van der Waals surface area (Å²) in [6.07, 6.45) is 0. The van der Waals surface area contributed by atoms with Crippen LogP contribution in [0.1, 0.15) is 6.92 Å². The topological polar surface area (TPSA) is 78.5 Å². The minimum atomic E-state index is -3.55. The van der Waals surface area contributed by atoms with Gasteiger partial charge in [-0.3, -0.25) is 10.2 Å². The molecule has 1 rings (SSSR count). The van der Waals surface area contributed by atoms with Gasteiger partial charge in [0.15, 0.2) is 0 Å². The second kappa shape index (κ2) is 3.82. The Morgan fingerprint density at radius 3 is 2.46 bits per heavy atom. The average molecular weight is 225 g/mol. The zero-order valence-corrected chi connectivity index (χ0v) is 8.73. The maximum atomic E-state index is 11.2. The molecule has 76 valence electrons. The quantitative estimate of drug-likeness (QED) is 0.403. The number of rotatable bonds is 3. The second-order valence-electron chi connectivity index (χ2n) is 2.76. The molecule has 2 N–H and O–H groups in total. The van der Waals surface area contributed by atoms with E-state index in [0.29, 0.717) is 13.1 Å². The second-order valence-corrected chi connectivity index (χ2v) is 5.16. The molecule has 0 spiro atoms. The molecule has 1 aliphatic heterocycles. The van der Waals surface area contributed by atoms with Gasteiger partial charge in [-0.15, -0.1) is 4.83 Å². The van der Waals surface area contributed by atoms with Gasteiger partial charge >= 0.3 is 0 Å². The van der Waals surface area contributed by atoms with Gasteiger partial charge < -0.3 is 0 Å². The van der Waals surface area contributed by atoms with Crippen molar-refractivity contribution in [2.45, 2.75) is 12.2 Å². The van der Waals surface area contributed by atoms with Gasteiger partial charge in [-0.25, -0.2) is 0 Å². The fraction of sp³-hybridized carbons (Fsp3) is 0.800. The molecule has 0 aromatic rings. The average Bonchev–Trinajstić information content (AvgIpc) is 1.95. The molecular formula is C5H11N3O3S2. The number of thiol groups is 1. The van der Waals surface area contributed by atoms with Crippen molar-refractivity contribution in [3.05, 3.63) is 0 Å². The van der Waals surface area contributed by atoms with Crippen molar-refractivity contribution >= 4 is 28.7 Å². The van der Waals surface area contributed by atoms with Crippen LogP contribution in [-0.4, -0.2) is 37.0 Å². The van der Waals surface area contributed by atoms with Crippen LogP contribution in [0.4, 0.5) is 0 Å². The zero-order chi connectivity index (χ0) is 10.1. The van der Waals surface area contributed by atoms with Crippen molar-refractivity contribution in [1.82, 2.24) is 14.6 Å². The van der Waals surface area contributed by atoms with Crippen LogP contribution in [0, 0.1) is 0 Å². The summed E-state index contributed by atoms with van der Waals surface area (Å²) >= 11 is 4.06. The third kappa shape index (κ3) is 2.83. The van der Waals surface area contributed by atoms with Gasteiger partial charge in [-0.1, -0.05) is 0 Å². The van der Waals surface area contributed by atoms with Crippen LogP contribution in [0.15, 0.2) is 0 Å². The lowest BCUT2D eigenvalue weighted by Crippen LogP contribution is -2.57. The minimum absolute atomic E-state index is 0.0916. The Morgan fingerprint density at radius 1 is 1.54 bits per heavy atom. The smallest absolute Gasteiger partial charge is 0.277 e. The van der Waals surface area contributed by atoms with Crippen molar-refractivity contribution in [2.75, 3.05) is 13.1 Å². The number of amides is 1. The maximum absolute atomic E-state index is 11.2. The molecule has 8 heteroatoms. The lowest BCUT2D eigenvalue weighted by Gasteiger charge is -2.34. The van der Waals surface area contributed by atoms with Crippen molar-refractivity contribution in [2.24, 2.45) is 0 Å². The van der Waals surface area contributed by atoms with E-state index < -0.39 is 16.1 Å². The van der Waals surface area contributed by atoms with Crippen LogP contribution >= 0.6 is 12.6 Å². The maximum Gasteiger partial charge on any atom is 0.296 e. The zero-order valence-electron chi connectivity index (χ0n) is 7.02. The predicted molar refractivity (Wildman–Crippen MR) is 50.2 cm³/mol. The molecule has 0 aromatic heterocycles. The molecule has 0 bridgehead atoms. The van der Waals surface area contributed by atoms with Gasteiger partial charge in [0.05, 0.1) is 0 Å². The molecule has 1 amide bonds. The van der Waals surface area contributed by atoms with Gasteiger partial charge in [0.2, 0.25) is 5.91 Å². The summed E-state index contributed by atoms with van der Waals surface area (Å²) in [5.41, 5.74) is 2.01. The Kier molecular flexibility index (Phi) is 3.17. The first-order chi connectivity index (χ1) is 5.92. The van der Waals surface area contributed by atoms with E-state index in [1.165, 1.54) is 11.2 Å². The van der Waals surface area contributed by atoms with Crippen molar-refractivity contribution in [3.63, 3.8) is 0 Å². The monoisotopic (exact) mass is 225 g/mol. The standard InChI is InChI=1S/C5H11N3O3S2/c1-4(9)6-7-13(10,11)8-2-5(12)3-8/h5,7,12H,2-3H2,1H3,(H,6,9). The first-order valence-corrected chi connectivity index (χ1v) is 5.59. The lowest BCUT2D eigenvalue weighted by molar-refractivity contribution is -0.119. The van der Waals surface area contributed by atoms with E-state index in [2.05, 4.69) is 12.6 Å². The SMILES string of the molecule is CC(=O)NNS(=O)(=O)N1CC(S)C1. The number of carbonyl (C=O) groups is 1. The van der Waals surface area contributed by atoms with Crippen LogP contribution in [-0.2, 0) is 15.0 Å². The molecule has 0 unspecified atom stereocenters. The van der Waals surface area contributed by atoms with Crippen molar-refractivity contribution < 1.29 is 13.2 Å². The molecule has 0 atom stereocenters. The van der Waals surface area contributed by atoms with Crippen molar-refractivity contribution in [1.29, 1.82) is 0 Å². The fourth-order valence-electron chi connectivity index (χ4n) is 0.814. The molecular weight excluding hydrogens is 214 g/mol. The van der Waals surface area contributed by atoms with Gasteiger partial charge in [0.1, 0.15) is 0 Å². The molecule has 1 heterocycles. The van der Waals surface area contributed by atoms with Crippen LogP contribution in [0.5, 0.6) is 0 Å². The molecule has 0 aromatic carbocycles. The summed E-state index contributed by atoms with van der Waals surface area (Å²) in [7, 11) is -3.55. The predicted octanol–water partition coefficient (Wildman–Crippen LogP) is -1.51. The number of carbonyl (C=O) groups excluding carboxylic acids is 1. The number of hydrogen-bond acceptors (Lipinski definition) is 4. The van der Waals surface area contributed by atoms with Crippen LogP contribution in [0.2, 0.25) is 0 Å². The van der Waals surface area contributed by atoms with Crippen LogP contribution < -0.4 is 10.3 Å². The molecule has 0 radical (unpaired) electrons.